The number of halogens is 1. The maximum Gasteiger partial charge on any atom is 0.355 e. The van der Waals surface area contributed by atoms with E-state index in [9.17, 15) is 14.0 Å². The minimum atomic E-state index is -0.514. The first kappa shape index (κ1) is 22.4. The lowest BCUT2D eigenvalue weighted by Crippen LogP contribution is -2.23. The SMILES string of the molecule is CC(C)OC(=O)c1cc2c(ccn2-c2ccc(F)cc2)n1CC(=O)Nc1cccc2ccccc12. The first-order chi connectivity index (χ1) is 16.9. The van der Waals surface area contributed by atoms with Crippen LogP contribution in [0.15, 0.2) is 85.1 Å². The Balaban J connectivity index is 1.52. The molecule has 1 N–H and O–H groups in total. The van der Waals surface area contributed by atoms with Gasteiger partial charge in [-0.3, -0.25) is 4.79 Å². The number of benzene rings is 3. The smallest absolute Gasteiger partial charge is 0.355 e. The van der Waals surface area contributed by atoms with Gasteiger partial charge in [0, 0.05) is 23.0 Å². The van der Waals surface area contributed by atoms with Crippen molar-refractivity contribution in [1.29, 1.82) is 0 Å². The Morgan fingerprint density at radius 3 is 2.46 bits per heavy atom. The summed E-state index contributed by atoms with van der Waals surface area (Å²) in [5, 5.41) is 4.93. The van der Waals surface area contributed by atoms with Crippen LogP contribution in [-0.2, 0) is 16.1 Å². The van der Waals surface area contributed by atoms with Crippen molar-refractivity contribution >= 4 is 39.4 Å². The summed E-state index contributed by atoms with van der Waals surface area (Å²) in [6.45, 7) is 3.47. The fourth-order valence-electron chi connectivity index (χ4n) is 4.25. The molecule has 5 aromatic rings. The van der Waals surface area contributed by atoms with Gasteiger partial charge < -0.3 is 19.2 Å². The van der Waals surface area contributed by atoms with Crippen LogP contribution in [0.2, 0.25) is 0 Å². The zero-order valence-corrected chi connectivity index (χ0v) is 19.4. The highest BCUT2D eigenvalue weighted by Gasteiger charge is 2.22. The lowest BCUT2D eigenvalue weighted by molar-refractivity contribution is -0.116. The van der Waals surface area contributed by atoms with Gasteiger partial charge in [-0.25, -0.2) is 9.18 Å². The van der Waals surface area contributed by atoms with Gasteiger partial charge in [0.15, 0.2) is 0 Å². The van der Waals surface area contributed by atoms with Crippen LogP contribution in [-0.4, -0.2) is 27.1 Å². The van der Waals surface area contributed by atoms with E-state index in [0.29, 0.717) is 16.7 Å². The number of hydrogen-bond donors (Lipinski definition) is 1. The highest BCUT2D eigenvalue weighted by Crippen LogP contribution is 2.27. The van der Waals surface area contributed by atoms with Crippen LogP contribution >= 0.6 is 0 Å². The Kier molecular flexibility index (Phi) is 5.82. The standard InChI is InChI=1S/C28H24FN3O3/c1-18(2)35-28(34)26-16-25-24(14-15-31(25)21-12-10-20(29)11-13-21)32(26)17-27(33)30-23-9-5-7-19-6-3-4-8-22(19)23/h3-16,18H,17H2,1-2H3,(H,30,33). The topological polar surface area (TPSA) is 65.3 Å². The number of nitrogens with zero attached hydrogens (tertiary/aromatic N) is 2. The van der Waals surface area contributed by atoms with E-state index in [-0.39, 0.29) is 30.1 Å². The van der Waals surface area contributed by atoms with Crippen LogP contribution in [0.1, 0.15) is 24.3 Å². The number of hydrogen-bond acceptors (Lipinski definition) is 3. The van der Waals surface area contributed by atoms with Crippen LogP contribution in [0.4, 0.5) is 10.1 Å². The van der Waals surface area contributed by atoms with Crippen molar-refractivity contribution in [1.82, 2.24) is 9.13 Å². The second-order valence-electron chi connectivity index (χ2n) is 8.58. The van der Waals surface area contributed by atoms with Crippen LogP contribution in [0.25, 0.3) is 27.5 Å². The van der Waals surface area contributed by atoms with Gasteiger partial charge in [-0.15, -0.1) is 0 Å². The van der Waals surface area contributed by atoms with Crippen molar-refractivity contribution < 1.29 is 18.7 Å². The number of carbonyl (C=O) groups excluding carboxylic acids is 2. The van der Waals surface area contributed by atoms with Gasteiger partial charge in [0.1, 0.15) is 18.1 Å². The van der Waals surface area contributed by atoms with E-state index in [1.165, 1.54) is 12.1 Å². The van der Waals surface area contributed by atoms with Crippen molar-refractivity contribution in [3.8, 4) is 5.69 Å². The first-order valence-electron chi connectivity index (χ1n) is 11.4. The monoisotopic (exact) mass is 469 g/mol. The summed E-state index contributed by atoms with van der Waals surface area (Å²) in [7, 11) is 0. The molecule has 1 amide bonds. The third-order valence-corrected chi connectivity index (χ3v) is 5.78. The predicted octanol–water partition coefficient (Wildman–Crippen LogP) is 5.93. The van der Waals surface area contributed by atoms with E-state index in [2.05, 4.69) is 5.32 Å². The quantitative estimate of drug-likeness (QED) is 0.314. The number of nitrogens with one attached hydrogen (secondary N) is 1. The highest BCUT2D eigenvalue weighted by atomic mass is 19.1. The number of rotatable bonds is 6. The van der Waals surface area contributed by atoms with Crippen molar-refractivity contribution in [3.05, 3.63) is 96.6 Å². The van der Waals surface area contributed by atoms with Gasteiger partial charge in [0.05, 0.1) is 17.1 Å². The fraction of sp³-hybridized carbons (Fsp3) is 0.143. The zero-order valence-electron chi connectivity index (χ0n) is 19.4. The molecule has 176 valence electrons. The normalized spacial score (nSPS) is 11.3. The van der Waals surface area contributed by atoms with Crippen molar-refractivity contribution in [3.63, 3.8) is 0 Å². The Bertz CT molecular complexity index is 1540. The summed E-state index contributed by atoms with van der Waals surface area (Å²) in [4.78, 5) is 26.1. The van der Waals surface area contributed by atoms with Crippen molar-refractivity contribution in [2.45, 2.75) is 26.5 Å². The molecule has 7 heteroatoms. The third-order valence-electron chi connectivity index (χ3n) is 5.78. The molecule has 2 aromatic heterocycles. The molecule has 0 aliphatic rings. The highest BCUT2D eigenvalue weighted by molar-refractivity contribution is 6.03. The van der Waals surface area contributed by atoms with Gasteiger partial charge in [-0.1, -0.05) is 36.4 Å². The second kappa shape index (κ2) is 9.10. The third kappa shape index (κ3) is 4.40. The average Bonchev–Trinajstić information content (AvgIpc) is 3.40. The molecule has 0 bridgehead atoms. The van der Waals surface area contributed by atoms with E-state index in [0.717, 1.165) is 16.5 Å². The van der Waals surface area contributed by atoms with E-state index in [4.69, 9.17) is 4.74 Å². The Labute approximate surface area is 201 Å². The van der Waals surface area contributed by atoms with Crippen LogP contribution < -0.4 is 5.32 Å². The van der Waals surface area contributed by atoms with Gasteiger partial charge in [0.25, 0.3) is 0 Å². The Morgan fingerprint density at radius 2 is 1.69 bits per heavy atom. The number of aromatic nitrogens is 2. The molecule has 0 saturated carbocycles. The lowest BCUT2D eigenvalue weighted by Gasteiger charge is -2.13. The molecular weight excluding hydrogens is 445 g/mol. The minimum absolute atomic E-state index is 0.0807. The minimum Gasteiger partial charge on any atom is -0.458 e. The largest absolute Gasteiger partial charge is 0.458 e. The number of anilines is 1. The molecule has 0 fully saturated rings. The molecule has 0 radical (unpaired) electrons. The molecule has 35 heavy (non-hydrogen) atoms. The van der Waals surface area contributed by atoms with Crippen LogP contribution in [0.5, 0.6) is 0 Å². The summed E-state index contributed by atoms with van der Waals surface area (Å²) >= 11 is 0. The van der Waals surface area contributed by atoms with Gasteiger partial charge in [-0.05, 0) is 61.7 Å². The summed E-state index contributed by atoms with van der Waals surface area (Å²) < 4.78 is 22.4. The number of fused-ring (bicyclic) bond motifs is 2. The molecule has 0 atom stereocenters. The van der Waals surface area contributed by atoms with E-state index in [1.807, 2.05) is 59.3 Å². The molecule has 0 unspecified atom stereocenters. The summed E-state index contributed by atoms with van der Waals surface area (Å²) in [6.07, 6.45) is 1.52. The maximum absolute atomic E-state index is 13.4. The Morgan fingerprint density at radius 1 is 0.943 bits per heavy atom. The van der Waals surface area contributed by atoms with E-state index < -0.39 is 5.97 Å². The summed E-state index contributed by atoms with van der Waals surface area (Å²) in [5.41, 5.74) is 3.12. The molecule has 0 saturated heterocycles. The molecule has 6 nitrogen and oxygen atoms in total. The number of esters is 1. The van der Waals surface area contributed by atoms with E-state index >= 15 is 0 Å². The first-order valence-corrected chi connectivity index (χ1v) is 11.4. The molecule has 3 aromatic carbocycles. The van der Waals surface area contributed by atoms with Crippen molar-refractivity contribution in [2.24, 2.45) is 0 Å². The molecule has 0 aliphatic carbocycles. The molecule has 0 spiro atoms. The average molecular weight is 470 g/mol. The van der Waals surface area contributed by atoms with Crippen LogP contribution in [0.3, 0.4) is 0 Å². The summed E-state index contributed by atoms with van der Waals surface area (Å²) in [5.74, 6) is -1.12. The Hall–Kier alpha value is -4.39. The lowest BCUT2D eigenvalue weighted by atomic mass is 10.1. The predicted molar refractivity (Wildman–Crippen MR) is 134 cm³/mol. The number of carbonyl (C=O) groups is 2. The van der Waals surface area contributed by atoms with Gasteiger partial charge in [0.2, 0.25) is 5.91 Å². The van der Waals surface area contributed by atoms with Gasteiger partial charge >= 0.3 is 5.97 Å². The number of ether oxygens (including phenoxy) is 1. The van der Waals surface area contributed by atoms with E-state index in [1.54, 1.807) is 36.6 Å². The van der Waals surface area contributed by atoms with Gasteiger partial charge in [-0.2, -0.15) is 0 Å². The molecule has 2 heterocycles. The fourth-order valence-corrected chi connectivity index (χ4v) is 4.25. The summed E-state index contributed by atoms with van der Waals surface area (Å²) in [6, 6.07) is 23.1. The molecule has 5 rings (SSSR count). The van der Waals surface area contributed by atoms with Crippen molar-refractivity contribution in [2.75, 3.05) is 5.32 Å². The zero-order chi connectivity index (χ0) is 24.5. The number of amides is 1. The molecule has 0 aliphatic heterocycles. The van der Waals surface area contributed by atoms with Crippen LogP contribution in [0, 0.1) is 5.82 Å². The molecular formula is C28H24FN3O3. The maximum atomic E-state index is 13.4. The second-order valence-corrected chi connectivity index (χ2v) is 8.58.